The van der Waals surface area contributed by atoms with E-state index in [9.17, 15) is 5.21 Å². The van der Waals surface area contributed by atoms with Crippen molar-refractivity contribution in [2.75, 3.05) is 0 Å². The van der Waals surface area contributed by atoms with E-state index in [2.05, 4.69) is 35.0 Å². The van der Waals surface area contributed by atoms with Gasteiger partial charge in [-0.15, -0.1) is 0 Å². The van der Waals surface area contributed by atoms with E-state index in [1.54, 1.807) is 0 Å². The van der Waals surface area contributed by atoms with Gasteiger partial charge in [-0.25, -0.2) is 0 Å². The summed E-state index contributed by atoms with van der Waals surface area (Å²) in [5, 5.41) is 14.1. The van der Waals surface area contributed by atoms with Gasteiger partial charge in [0.05, 0.1) is 5.69 Å². The maximum atomic E-state index is 9.41. The summed E-state index contributed by atoms with van der Waals surface area (Å²) in [6.45, 7) is 0. The summed E-state index contributed by atoms with van der Waals surface area (Å²) in [4.78, 5) is 0. The highest BCUT2D eigenvalue weighted by Crippen LogP contribution is 2.42. The third kappa shape index (κ3) is 1.14. The van der Waals surface area contributed by atoms with Crippen molar-refractivity contribution in [3.05, 3.63) is 59.7 Å². The minimum Gasteiger partial charge on any atom is -0.410 e. The van der Waals surface area contributed by atoms with Crippen LogP contribution in [0.1, 0.15) is 11.1 Å². The summed E-state index contributed by atoms with van der Waals surface area (Å²) in [5.74, 6) is 0. The standard InChI is InChI=1S/C16H12N2O/c1-18-13-9-5-4-8-12(13)14-15(17-19)10-6-2-3-7-11(10)16(14)18/h2-9,19H,1H3/b17-15-. The summed E-state index contributed by atoms with van der Waals surface area (Å²) in [6, 6.07) is 16.3. The highest BCUT2D eigenvalue weighted by atomic mass is 16.4. The fraction of sp³-hybridized carbons (Fsp3) is 0.0625. The number of hydrogen-bond donors (Lipinski definition) is 1. The molecule has 3 nitrogen and oxygen atoms in total. The zero-order valence-corrected chi connectivity index (χ0v) is 10.5. The first-order valence-corrected chi connectivity index (χ1v) is 6.22. The fourth-order valence-electron chi connectivity index (χ4n) is 3.08. The molecule has 0 unspecified atom stereocenters. The molecule has 0 atom stereocenters. The second kappa shape index (κ2) is 3.48. The molecule has 3 heteroatoms. The monoisotopic (exact) mass is 248 g/mol. The van der Waals surface area contributed by atoms with E-state index in [1.165, 1.54) is 0 Å². The summed E-state index contributed by atoms with van der Waals surface area (Å²) < 4.78 is 2.17. The fourth-order valence-corrected chi connectivity index (χ4v) is 3.08. The molecule has 1 aliphatic carbocycles. The van der Waals surface area contributed by atoms with E-state index in [0.717, 1.165) is 33.3 Å². The second-order valence-corrected chi connectivity index (χ2v) is 4.79. The molecule has 4 rings (SSSR count). The molecule has 0 amide bonds. The van der Waals surface area contributed by atoms with Gasteiger partial charge < -0.3 is 9.77 Å². The Bertz CT molecular complexity index is 843. The molecule has 19 heavy (non-hydrogen) atoms. The van der Waals surface area contributed by atoms with E-state index in [-0.39, 0.29) is 0 Å². The smallest absolute Gasteiger partial charge is 0.120 e. The summed E-state index contributed by atoms with van der Waals surface area (Å²) in [6.07, 6.45) is 0. The first kappa shape index (κ1) is 10.4. The molecule has 1 N–H and O–H groups in total. The number of benzene rings is 2. The van der Waals surface area contributed by atoms with Crippen molar-refractivity contribution >= 4 is 16.6 Å². The highest BCUT2D eigenvalue weighted by Gasteiger charge is 2.30. The molecule has 1 heterocycles. The number of rotatable bonds is 0. The van der Waals surface area contributed by atoms with Crippen molar-refractivity contribution in [3.63, 3.8) is 0 Å². The minimum atomic E-state index is 0.669. The van der Waals surface area contributed by atoms with Gasteiger partial charge in [-0.1, -0.05) is 47.6 Å². The van der Waals surface area contributed by atoms with E-state index < -0.39 is 0 Å². The van der Waals surface area contributed by atoms with Crippen LogP contribution >= 0.6 is 0 Å². The van der Waals surface area contributed by atoms with Gasteiger partial charge in [0.2, 0.25) is 0 Å². The van der Waals surface area contributed by atoms with Gasteiger partial charge in [-0.05, 0) is 6.07 Å². The SMILES string of the molecule is Cn1c2c(c3ccccc31)/C(=N\O)c1ccccc1-2. The number of para-hydroxylation sites is 1. The summed E-state index contributed by atoms with van der Waals surface area (Å²) in [5.41, 5.74) is 6.11. The van der Waals surface area contributed by atoms with Crippen molar-refractivity contribution in [1.29, 1.82) is 0 Å². The normalized spacial score (nSPS) is 14.9. The Kier molecular flexibility index (Phi) is 1.90. The molecule has 0 spiro atoms. The predicted molar refractivity (Wildman–Crippen MR) is 75.8 cm³/mol. The van der Waals surface area contributed by atoms with Crippen LogP contribution < -0.4 is 0 Å². The Morgan fingerprint density at radius 3 is 2.42 bits per heavy atom. The van der Waals surface area contributed by atoms with Gasteiger partial charge in [-0.2, -0.15) is 0 Å². The van der Waals surface area contributed by atoms with E-state index in [4.69, 9.17) is 0 Å². The van der Waals surface area contributed by atoms with Crippen LogP contribution in [0, 0.1) is 0 Å². The second-order valence-electron chi connectivity index (χ2n) is 4.79. The molecule has 0 radical (unpaired) electrons. The van der Waals surface area contributed by atoms with Crippen LogP contribution in [-0.2, 0) is 7.05 Å². The van der Waals surface area contributed by atoms with Crippen LogP contribution in [0.4, 0.5) is 0 Å². The van der Waals surface area contributed by atoms with Gasteiger partial charge in [0.15, 0.2) is 0 Å². The van der Waals surface area contributed by atoms with Crippen molar-refractivity contribution < 1.29 is 5.21 Å². The van der Waals surface area contributed by atoms with Crippen LogP contribution in [0.5, 0.6) is 0 Å². The van der Waals surface area contributed by atoms with Crippen molar-refractivity contribution in [2.45, 2.75) is 0 Å². The molecule has 0 bridgehead atoms. The number of aryl methyl sites for hydroxylation is 1. The topological polar surface area (TPSA) is 37.5 Å². The molecular formula is C16H12N2O. The molecule has 3 aromatic rings. The Labute approximate surface area is 110 Å². The number of hydrogen-bond acceptors (Lipinski definition) is 2. The highest BCUT2D eigenvalue weighted by molar-refractivity contribution is 6.29. The van der Waals surface area contributed by atoms with Crippen LogP contribution in [0.2, 0.25) is 0 Å². The molecule has 1 aromatic heterocycles. The lowest BCUT2D eigenvalue weighted by atomic mass is 10.1. The molecule has 1 aliphatic rings. The lowest BCUT2D eigenvalue weighted by Gasteiger charge is -2.04. The Hall–Kier alpha value is -2.55. The lowest BCUT2D eigenvalue weighted by Crippen LogP contribution is -1.97. The summed E-state index contributed by atoms with van der Waals surface area (Å²) in [7, 11) is 2.05. The van der Waals surface area contributed by atoms with Gasteiger partial charge in [0, 0.05) is 34.6 Å². The van der Waals surface area contributed by atoms with Crippen LogP contribution in [0.25, 0.3) is 22.2 Å². The molecular weight excluding hydrogens is 236 g/mol. The Morgan fingerprint density at radius 1 is 0.947 bits per heavy atom. The van der Waals surface area contributed by atoms with Gasteiger partial charge in [-0.3, -0.25) is 0 Å². The average molecular weight is 248 g/mol. The average Bonchev–Trinajstić information content (AvgIpc) is 2.94. The van der Waals surface area contributed by atoms with Crippen LogP contribution in [0.3, 0.4) is 0 Å². The zero-order chi connectivity index (χ0) is 13.0. The lowest BCUT2D eigenvalue weighted by molar-refractivity contribution is 0.320. The molecule has 0 fully saturated rings. The maximum absolute atomic E-state index is 9.41. The quantitative estimate of drug-likeness (QED) is 0.376. The number of fused-ring (bicyclic) bond motifs is 5. The first-order chi connectivity index (χ1) is 9.33. The zero-order valence-electron chi connectivity index (χ0n) is 10.5. The van der Waals surface area contributed by atoms with Crippen LogP contribution in [0.15, 0.2) is 53.7 Å². The number of nitrogens with zero attached hydrogens (tertiary/aromatic N) is 2. The van der Waals surface area contributed by atoms with Crippen molar-refractivity contribution in [3.8, 4) is 11.3 Å². The molecule has 0 saturated carbocycles. The van der Waals surface area contributed by atoms with Gasteiger partial charge >= 0.3 is 0 Å². The maximum Gasteiger partial charge on any atom is 0.120 e. The Balaban J connectivity index is 2.25. The number of oxime groups is 1. The van der Waals surface area contributed by atoms with Gasteiger partial charge in [0.1, 0.15) is 5.71 Å². The number of aromatic nitrogens is 1. The largest absolute Gasteiger partial charge is 0.410 e. The molecule has 0 saturated heterocycles. The van der Waals surface area contributed by atoms with Gasteiger partial charge in [0.25, 0.3) is 0 Å². The van der Waals surface area contributed by atoms with E-state index in [1.807, 2.05) is 30.3 Å². The third-order valence-corrected chi connectivity index (χ3v) is 3.88. The van der Waals surface area contributed by atoms with Crippen LogP contribution in [-0.4, -0.2) is 15.5 Å². The summed E-state index contributed by atoms with van der Waals surface area (Å²) >= 11 is 0. The molecule has 2 aromatic carbocycles. The van der Waals surface area contributed by atoms with Crippen molar-refractivity contribution in [2.24, 2.45) is 12.2 Å². The first-order valence-electron chi connectivity index (χ1n) is 6.22. The van der Waals surface area contributed by atoms with E-state index >= 15 is 0 Å². The molecule has 92 valence electrons. The minimum absolute atomic E-state index is 0.669. The van der Waals surface area contributed by atoms with Crippen molar-refractivity contribution in [1.82, 2.24) is 4.57 Å². The Morgan fingerprint density at radius 2 is 1.63 bits per heavy atom. The third-order valence-electron chi connectivity index (χ3n) is 3.88. The molecule has 0 aliphatic heterocycles. The van der Waals surface area contributed by atoms with E-state index in [0.29, 0.717) is 5.71 Å². The predicted octanol–water partition coefficient (Wildman–Crippen LogP) is 3.39.